The summed E-state index contributed by atoms with van der Waals surface area (Å²) < 4.78 is 2.31. The second-order valence-electron chi connectivity index (χ2n) is 6.63. The molecule has 1 atom stereocenters. The van der Waals surface area contributed by atoms with Crippen LogP contribution in [0.25, 0.3) is 11.0 Å². The summed E-state index contributed by atoms with van der Waals surface area (Å²) in [6.45, 7) is 1.98. The number of nitrogens with zero attached hydrogens (tertiary/aromatic N) is 4. The fourth-order valence-electron chi connectivity index (χ4n) is 2.80. The van der Waals surface area contributed by atoms with E-state index in [1.807, 2.05) is 6.92 Å². The van der Waals surface area contributed by atoms with Crippen molar-refractivity contribution < 1.29 is 9.90 Å². The van der Waals surface area contributed by atoms with E-state index in [1.165, 1.54) is 11.6 Å². The van der Waals surface area contributed by atoms with Gasteiger partial charge in [-0.1, -0.05) is 31.5 Å². The molecule has 26 heavy (non-hydrogen) atoms. The Morgan fingerprint density at radius 3 is 2.54 bits per heavy atom. The van der Waals surface area contributed by atoms with Crippen LogP contribution in [0.4, 0.5) is 0 Å². The van der Waals surface area contributed by atoms with E-state index >= 15 is 0 Å². The van der Waals surface area contributed by atoms with Gasteiger partial charge in [0.25, 0.3) is 5.56 Å². The van der Waals surface area contributed by atoms with E-state index in [0.717, 1.165) is 42.0 Å². The van der Waals surface area contributed by atoms with E-state index in [1.54, 1.807) is 7.05 Å². The number of aromatic nitrogens is 4. The number of fused-ring (bicyclic) bond motifs is 1. The van der Waals surface area contributed by atoms with Crippen molar-refractivity contribution in [3.05, 3.63) is 26.7 Å². The Kier molecular flexibility index (Phi) is 5.17. The van der Waals surface area contributed by atoms with Crippen LogP contribution in [-0.4, -0.2) is 30.3 Å². The highest BCUT2D eigenvalue weighted by Crippen LogP contribution is 2.40. The smallest absolute Gasteiger partial charge is 0.332 e. The van der Waals surface area contributed by atoms with Crippen LogP contribution in [0.1, 0.15) is 50.8 Å². The molecule has 0 spiro atoms. The largest absolute Gasteiger partial charge is 0.549 e. The summed E-state index contributed by atoms with van der Waals surface area (Å²) in [5.74, 6) is -0.407. The van der Waals surface area contributed by atoms with Crippen molar-refractivity contribution in [1.29, 1.82) is 0 Å². The third kappa shape index (κ3) is 3.40. The van der Waals surface area contributed by atoms with Crippen LogP contribution in [-0.2, 0) is 18.9 Å². The average Bonchev–Trinajstić information content (AvgIpc) is 3.45. The van der Waals surface area contributed by atoms with Crippen molar-refractivity contribution in [3.63, 3.8) is 0 Å². The molecule has 9 heteroatoms. The number of aryl methyl sites for hydroxylation is 1. The number of thioether (sulfide) groups is 1. The molecule has 0 saturated heterocycles. The highest BCUT2D eigenvalue weighted by Gasteiger charge is 2.29. The summed E-state index contributed by atoms with van der Waals surface area (Å²) >= 11 is 1.02. The molecule has 140 valence electrons. The third-order valence-corrected chi connectivity index (χ3v) is 5.79. The van der Waals surface area contributed by atoms with E-state index in [-0.39, 0.29) is 17.0 Å². The molecule has 0 aromatic carbocycles. The molecule has 1 saturated carbocycles. The van der Waals surface area contributed by atoms with Crippen LogP contribution in [0, 0.1) is 0 Å². The molecule has 0 N–H and O–H groups in total. The zero-order valence-electron chi connectivity index (χ0n) is 15.0. The van der Waals surface area contributed by atoms with E-state index in [4.69, 9.17) is 0 Å². The van der Waals surface area contributed by atoms with Gasteiger partial charge >= 0.3 is 5.69 Å². The van der Waals surface area contributed by atoms with Gasteiger partial charge in [-0.05, 0) is 19.3 Å². The maximum absolute atomic E-state index is 12.7. The molecule has 2 aromatic rings. The number of rotatable bonds is 7. The number of carbonyl (C=O) groups is 1. The standard InChI is InChI=1S/C17H22N4O4S/c1-4-5-6-10(16(23)24)26-14-11-13(18-12(19-14)9-7-8-9)20(2)17(25)21(3)15(11)22/h9-10H,4-8H2,1-3H3,(H,23,24)/p-1/t10-/m1/s1. The normalized spacial score (nSPS) is 15.3. The first-order valence-corrected chi connectivity index (χ1v) is 9.58. The van der Waals surface area contributed by atoms with E-state index in [9.17, 15) is 19.5 Å². The zero-order valence-corrected chi connectivity index (χ0v) is 15.8. The predicted octanol–water partition coefficient (Wildman–Crippen LogP) is 0.305. The maximum Gasteiger partial charge on any atom is 0.332 e. The van der Waals surface area contributed by atoms with E-state index in [2.05, 4.69) is 9.97 Å². The lowest BCUT2D eigenvalue weighted by Gasteiger charge is -2.18. The number of carboxylic acids is 1. The van der Waals surface area contributed by atoms with Gasteiger partial charge in [-0.25, -0.2) is 14.8 Å². The second kappa shape index (κ2) is 7.22. The minimum Gasteiger partial charge on any atom is -0.549 e. The van der Waals surface area contributed by atoms with Gasteiger partial charge in [0.1, 0.15) is 16.2 Å². The summed E-state index contributed by atoms with van der Waals surface area (Å²) in [6, 6.07) is 0. The van der Waals surface area contributed by atoms with Crippen molar-refractivity contribution in [2.24, 2.45) is 14.1 Å². The van der Waals surface area contributed by atoms with Crippen LogP contribution in [0.5, 0.6) is 0 Å². The molecule has 0 radical (unpaired) electrons. The Morgan fingerprint density at radius 1 is 1.27 bits per heavy atom. The molecule has 2 heterocycles. The van der Waals surface area contributed by atoms with Crippen LogP contribution in [0.2, 0.25) is 0 Å². The molecule has 0 bridgehead atoms. The van der Waals surface area contributed by atoms with Crippen LogP contribution in [0.3, 0.4) is 0 Å². The minimum atomic E-state index is -1.18. The molecular weight excluding hydrogens is 356 g/mol. The van der Waals surface area contributed by atoms with E-state index < -0.39 is 22.5 Å². The lowest BCUT2D eigenvalue weighted by atomic mass is 10.2. The minimum absolute atomic E-state index is 0.187. The topological polar surface area (TPSA) is 110 Å². The summed E-state index contributed by atoms with van der Waals surface area (Å²) in [4.78, 5) is 45.4. The highest BCUT2D eigenvalue weighted by molar-refractivity contribution is 8.00. The number of carboxylic acid groups (broad SMARTS) is 1. The molecule has 8 nitrogen and oxygen atoms in total. The average molecular weight is 377 g/mol. The van der Waals surface area contributed by atoms with Crippen molar-refractivity contribution in [3.8, 4) is 0 Å². The molecule has 0 amide bonds. The lowest BCUT2D eigenvalue weighted by Crippen LogP contribution is -2.38. The van der Waals surface area contributed by atoms with E-state index in [0.29, 0.717) is 17.3 Å². The van der Waals surface area contributed by atoms with Gasteiger partial charge < -0.3 is 9.90 Å². The number of carbonyl (C=O) groups excluding carboxylic acids is 1. The molecule has 1 fully saturated rings. The van der Waals surface area contributed by atoms with Crippen molar-refractivity contribution in [2.45, 2.75) is 55.2 Å². The maximum atomic E-state index is 12.7. The number of aliphatic carboxylic acids is 1. The predicted molar refractivity (Wildman–Crippen MR) is 96.2 cm³/mol. The summed E-state index contributed by atoms with van der Waals surface area (Å²) in [5.41, 5.74) is -0.730. The first kappa shape index (κ1) is 18.6. The quantitative estimate of drug-likeness (QED) is 0.504. The van der Waals surface area contributed by atoms with Gasteiger partial charge in [0.2, 0.25) is 0 Å². The molecule has 1 aliphatic rings. The van der Waals surface area contributed by atoms with Crippen molar-refractivity contribution in [1.82, 2.24) is 19.1 Å². The summed E-state index contributed by atoms with van der Waals surface area (Å²) in [5, 5.41) is 11.2. The fourth-order valence-corrected chi connectivity index (χ4v) is 3.90. The number of hydrogen-bond donors (Lipinski definition) is 0. The Morgan fingerprint density at radius 2 is 1.96 bits per heavy atom. The summed E-state index contributed by atoms with van der Waals surface area (Å²) in [7, 11) is 2.94. The van der Waals surface area contributed by atoms with Gasteiger partial charge in [-0.15, -0.1) is 0 Å². The Balaban J connectivity index is 2.20. The third-order valence-electron chi connectivity index (χ3n) is 4.56. The Labute approximate surface area is 154 Å². The molecule has 2 aromatic heterocycles. The van der Waals surface area contributed by atoms with Crippen LogP contribution < -0.4 is 16.4 Å². The first-order chi connectivity index (χ1) is 12.3. The SMILES string of the molecule is CCCC[C@@H](Sc1nc(C2CC2)nc2c1c(=O)n(C)c(=O)n2C)C(=O)[O-]. The molecule has 3 rings (SSSR count). The summed E-state index contributed by atoms with van der Waals surface area (Å²) in [6.07, 6.45) is 3.93. The van der Waals surface area contributed by atoms with Gasteiger partial charge in [-0.2, -0.15) is 0 Å². The fraction of sp³-hybridized carbons (Fsp3) is 0.588. The molecule has 0 aliphatic heterocycles. The van der Waals surface area contributed by atoms with Crippen molar-refractivity contribution >= 4 is 28.8 Å². The number of hydrogen-bond acceptors (Lipinski definition) is 7. The molecular formula is C17H21N4O4S-. The van der Waals surface area contributed by atoms with Gasteiger partial charge in [-0.3, -0.25) is 13.9 Å². The highest BCUT2D eigenvalue weighted by atomic mass is 32.2. The monoisotopic (exact) mass is 377 g/mol. The van der Waals surface area contributed by atoms with Gasteiger partial charge in [0.15, 0.2) is 5.65 Å². The van der Waals surface area contributed by atoms with Gasteiger partial charge in [0, 0.05) is 20.0 Å². The molecule has 1 aliphatic carbocycles. The Hall–Kier alpha value is -2.16. The second-order valence-corrected chi connectivity index (χ2v) is 7.82. The number of unbranched alkanes of at least 4 members (excludes halogenated alkanes) is 1. The van der Waals surface area contributed by atoms with Crippen LogP contribution >= 0.6 is 11.8 Å². The Bertz CT molecular complexity index is 977. The lowest BCUT2D eigenvalue weighted by molar-refractivity contribution is -0.304. The van der Waals surface area contributed by atoms with Gasteiger partial charge in [0.05, 0.1) is 11.2 Å². The van der Waals surface area contributed by atoms with Crippen LogP contribution in [0.15, 0.2) is 14.6 Å². The first-order valence-electron chi connectivity index (χ1n) is 8.70. The zero-order chi connectivity index (χ0) is 19.0. The molecule has 0 unspecified atom stereocenters. The van der Waals surface area contributed by atoms with Crippen molar-refractivity contribution in [2.75, 3.05) is 0 Å².